The first kappa shape index (κ1) is 15.3. The molecule has 0 bridgehead atoms. The molecule has 15 heavy (non-hydrogen) atoms. The predicted octanol–water partition coefficient (Wildman–Crippen LogP) is 3.05. The Kier molecular flexibility index (Phi) is 5.70. The molecule has 5 heteroatoms. The van der Waals surface area contributed by atoms with Gasteiger partial charge in [0.15, 0.2) is 22.9 Å². The molecule has 0 aromatic rings. The zero-order chi connectivity index (χ0) is 12.3. The van der Waals surface area contributed by atoms with Gasteiger partial charge in [0.25, 0.3) is 0 Å². The highest BCUT2D eigenvalue weighted by atomic mass is 28.4. The first-order valence-corrected chi connectivity index (χ1v) is 12.3. The van der Waals surface area contributed by atoms with Gasteiger partial charge < -0.3 is 13.6 Å². The maximum Gasteiger partial charge on any atom is 0.187 e. The average molecular weight is 250 g/mol. The molecule has 0 spiro atoms. The van der Waals surface area contributed by atoms with Crippen LogP contribution in [0.5, 0.6) is 0 Å². The zero-order valence-electron chi connectivity index (χ0n) is 11.4. The average Bonchev–Trinajstić information content (AvgIpc) is 1.94. The van der Waals surface area contributed by atoms with E-state index in [1.165, 1.54) is 0 Å². The molecule has 0 aliphatic heterocycles. The van der Waals surface area contributed by atoms with Crippen molar-refractivity contribution in [1.82, 2.24) is 0 Å². The van der Waals surface area contributed by atoms with Crippen LogP contribution in [0, 0.1) is 0 Å². The lowest BCUT2D eigenvalue weighted by Gasteiger charge is -2.33. The molecule has 0 saturated carbocycles. The second-order valence-corrected chi connectivity index (χ2v) is 14.7. The second kappa shape index (κ2) is 5.59. The third-order valence-corrected chi connectivity index (χ3v) is 3.64. The fraction of sp³-hybridized carbons (Fsp3) is 1.00. The summed E-state index contributed by atoms with van der Waals surface area (Å²) in [6.07, 6.45) is -0.225. The quantitative estimate of drug-likeness (QED) is 0.536. The Labute approximate surface area is 96.4 Å². The van der Waals surface area contributed by atoms with Crippen molar-refractivity contribution in [2.45, 2.75) is 58.6 Å². The third kappa shape index (κ3) is 8.16. The summed E-state index contributed by atoms with van der Waals surface area (Å²) < 4.78 is 17.2. The normalized spacial score (nSPS) is 17.6. The van der Waals surface area contributed by atoms with Crippen LogP contribution in [0.25, 0.3) is 0 Å². The Morgan fingerprint density at radius 2 is 1.20 bits per heavy atom. The van der Waals surface area contributed by atoms with Crippen LogP contribution >= 0.6 is 0 Å². The molecule has 0 aromatic heterocycles. The second-order valence-electron chi connectivity index (χ2n) is 5.77. The molecule has 2 atom stereocenters. The first-order valence-electron chi connectivity index (χ1n) is 5.43. The van der Waals surface area contributed by atoms with Gasteiger partial charge in [-0.3, -0.25) is 0 Å². The van der Waals surface area contributed by atoms with Crippen molar-refractivity contribution in [2.24, 2.45) is 0 Å². The molecule has 0 radical (unpaired) electrons. The van der Waals surface area contributed by atoms with Crippen molar-refractivity contribution in [2.75, 3.05) is 7.11 Å². The number of rotatable bonds is 6. The van der Waals surface area contributed by atoms with Gasteiger partial charge in [0.1, 0.15) is 0 Å². The maximum atomic E-state index is 5.95. The van der Waals surface area contributed by atoms with Gasteiger partial charge in [0.05, 0.1) is 6.10 Å². The third-order valence-electron chi connectivity index (χ3n) is 1.62. The number of ether oxygens (including phenoxy) is 1. The standard InChI is InChI=1S/C10H26O3Si2/c1-9(12-14(3,4)5)10(11-2)13-15(6,7)8/h9-10H,1-8H3. The van der Waals surface area contributed by atoms with Crippen molar-refractivity contribution < 1.29 is 13.6 Å². The van der Waals surface area contributed by atoms with Gasteiger partial charge in [-0.15, -0.1) is 0 Å². The molecular formula is C10H26O3Si2. The Balaban J connectivity index is 4.29. The van der Waals surface area contributed by atoms with E-state index in [0.29, 0.717) is 0 Å². The van der Waals surface area contributed by atoms with Gasteiger partial charge in [-0.1, -0.05) is 0 Å². The number of hydrogen-bond donors (Lipinski definition) is 0. The van der Waals surface area contributed by atoms with Crippen molar-refractivity contribution in [3.05, 3.63) is 0 Å². The summed E-state index contributed by atoms with van der Waals surface area (Å²) in [6.45, 7) is 15.0. The van der Waals surface area contributed by atoms with Crippen molar-refractivity contribution in [3.63, 3.8) is 0 Å². The predicted molar refractivity (Wildman–Crippen MR) is 69.1 cm³/mol. The summed E-state index contributed by atoms with van der Waals surface area (Å²) in [5.74, 6) is 0. The summed E-state index contributed by atoms with van der Waals surface area (Å²) in [4.78, 5) is 0. The minimum Gasteiger partial charge on any atom is -0.410 e. The van der Waals surface area contributed by atoms with Gasteiger partial charge in [-0.25, -0.2) is 0 Å². The van der Waals surface area contributed by atoms with Crippen LogP contribution in [-0.4, -0.2) is 36.1 Å². The van der Waals surface area contributed by atoms with Gasteiger partial charge in [-0.05, 0) is 46.2 Å². The van der Waals surface area contributed by atoms with Crippen LogP contribution in [0.4, 0.5) is 0 Å². The number of methoxy groups -OCH3 is 1. The molecule has 0 heterocycles. The molecule has 0 N–H and O–H groups in total. The van der Waals surface area contributed by atoms with E-state index >= 15 is 0 Å². The van der Waals surface area contributed by atoms with Crippen LogP contribution in [-0.2, 0) is 13.6 Å². The van der Waals surface area contributed by atoms with Crippen LogP contribution in [0.1, 0.15) is 6.92 Å². The molecule has 0 aliphatic rings. The van der Waals surface area contributed by atoms with E-state index in [2.05, 4.69) is 39.3 Å². The lowest BCUT2D eigenvalue weighted by atomic mass is 10.4. The van der Waals surface area contributed by atoms with Gasteiger partial charge in [0, 0.05) is 7.11 Å². The summed E-state index contributed by atoms with van der Waals surface area (Å²) in [5.41, 5.74) is 0. The topological polar surface area (TPSA) is 27.7 Å². The first-order chi connectivity index (χ1) is 6.55. The lowest BCUT2D eigenvalue weighted by Crippen LogP contribution is -2.44. The summed E-state index contributed by atoms with van der Waals surface area (Å²) >= 11 is 0. The smallest absolute Gasteiger partial charge is 0.187 e. The largest absolute Gasteiger partial charge is 0.410 e. The van der Waals surface area contributed by atoms with E-state index in [4.69, 9.17) is 13.6 Å². The van der Waals surface area contributed by atoms with E-state index in [9.17, 15) is 0 Å². The fourth-order valence-electron chi connectivity index (χ4n) is 1.30. The highest BCUT2D eigenvalue weighted by Gasteiger charge is 2.29. The molecule has 3 nitrogen and oxygen atoms in total. The van der Waals surface area contributed by atoms with Crippen molar-refractivity contribution >= 4 is 16.6 Å². The molecule has 0 aliphatic carbocycles. The molecule has 2 unspecified atom stereocenters. The molecule has 0 aromatic carbocycles. The zero-order valence-corrected chi connectivity index (χ0v) is 13.4. The fourth-order valence-corrected chi connectivity index (χ4v) is 3.51. The molecule has 0 saturated heterocycles. The molecule has 0 rings (SSSR count). The minimum absolute atomic E-state index is 0.00777. The van der Waals surface area contributed by atoms with E-state index < -0.39 is 16.6 Å². The Hall–Kier alpha value is 0.314. The van der Waals surface area contributed by atoms with Crippen molar-refractivity contribution in [1.29, 1.82) is 0 Å². The van der Waals surface area contributed by atoms with E-state index in [0.717, 1.165) is 0 Å². The monoisotopic (exact) mass is 250 g/mol. The maximum absolute atomic E-state index is 5.95. The summed E-state index contributed by atoms with van der Waals surface area (Å²) in [5, 5.41) is 0. The van der Waals surface area contributed by atoms with E-state index in [1.807, 2.05) is 6.92 Å². The van der Waals surface area contributed by atoms with Crippen LogP contribution in [0.3, 0.4) is 0 Å². The minimum atomic E-state index is -1.57. The molecular weight excluding hydrogens is 224 g/mol. The highest BCUT2D eigenvalue weighted by molar-refractivity contribution is 6.70. The number of hydrogen-bond acceptors (Lipinski definition) is 3. The Morgan fingerprint density at radius 3 is 1.47 bits per heavy atom. The van der Waals surface area contributed by atoms with Crippen molar-refractivity contribution in [3.8, 4) is 0 Å². The van der Waals surface area contributed by atoms with E-state index in [-0.39, 0.29) is 12.4 Å². The SMILES string of the molecule is COC(O[Si](C)(C)C)C(C)O[Si](C)(C)C. The van der Waals surface area contributed by atoms with Crippen LogP contribution < -0.4 is 0 Å². The van der Waals surface area contributed by atoms with E-state index in [1.54, 1.807) is 7.11 Å². The van der Waals surface area contributed by atoms with Gasteiger partial charge in [0.2, 0.25) is 0 Å². The lowest BCUT2D eigenvalue weighted by molar-refractivity contribution is -0.119. The molecule has 92 valence electrons. The summed E-state index contributed by atoms with van der Waals surface area (Å²) in [7, 11) is -1.41. The van der Waals surface area contributed by atoms with Crippen LogP contribution in [0.2, 0.25) is 39.3 Å². The molecule has 0 fully saturated rings. The van der Waals surface area contributed by atoms with Gasteiger partial charge in [-0.2, -0.15) is 0 Å². The Morgan fingerprint density at radius 1 is 0.800 bits per heavy atom. The highest BCUT2D eigenvalue weighted by Crippen LogP contribution is 2.16. The molecule has 0 amide bonds. The van der Waals surface area contributed by atoms with Gasteiger partial charge >= 0.3 is 0 Å². The summed E-state index contributed by atoms with van der Waals surface area (Å²) in [6, 6.07) is 0. The van der Waals surface area contributed by atoms with Crippen LogP contribution in [0.15, 0.2) is 0 Å². The Bertz CT molecular complexity index is 184.